The Labute approximate surface area is 123 Å². The van der Waals surface area contributed by atoms with E-state index in [1.165, 1.54) is 0 Å². The smallest absolute Gasteiger partial charge is 0.316 e. The minimum Gasteiger partial charge on any atom is -0.480 e. The first-order chi connectivity index (χ1) is 9.05. The van der Waals surface area contributed by atoms with Gasteiger partial charge in [0.05, 0.1) is 22.8 Å². The number of sulfone groups is 1. The number of nitrogens with one attached hydrogen (secondary N) is 1. The second-order valence-corrected chi connectivity index (χ2v) is 9.08. The highest BCUT2D eigenvalue weighted by molar-refractivity contribution is 8.01. The van der Waals surface area contributed by atoms with E-state index >= 15 is 0 Å². The molecule has 1 amide bonds. The third-order valence-electron chi connectivity index (χ3n) is 3.19. The summed E-state index contributed by atoms with van der Waals surface area (Å²) in [6, 6.07) is 0. The van der Waals surface area contributed by atoms with Crippen molar-refractivity contribution in [3.05, 3.63) is 0 Å². The van der Waals surface area contributed by atoms with Crippen molar-refractivity contribution < 1.29 is 23.1 Å². The second-order valence-electron chi connectivity index (χ2n) is 5.76. The van der Waals surface area contributed by atoms with Gasteiger partial charge in [0.1, 0.15) is 5.25 Å². The third-order valence-corrected chi connectivity index (χ3v) is 6.62. The molecule has 116 valence electrons. The number of carbonyl (C=O) groups is 2. The Morgan fingerprint density at radius 1 is 1.40 bits per heavy atom. The van der Waals surface area contributed by atoms with Gasteiger partial charge in [0, 0.05) is 0 Å². The van der Waals surface area contributed by atoms with Crippen molar-refractivity contribution in [1.82, 2.24) is 5.32 Å². The molecule has 8 heteroatoms. The van der Waals surface area contributed by atoms with Crippen LogP contribution in [0.25, 0.3) is 0 Å². The lowest BCUT2D eigenvalue weighted by Gasteiger charge is -2.24. The maximum absolute atomic E-state index is 11.8. The molecule has 1 saturated heterocycles. The van der Waals surface area contributed by atoms with Crippen LogP contribution in [-0.2, 0) is 19.4 Å². The second kappa shape index (κ2) is 6.34. The molecule has 0 aromatic heterocycles. The van der Waals surface area contributed by atoms with Gasteiger partial charge >= 0.3 is 5.97 Å². The lowest BCUT2D eigenvalue weighted by atomic mass is 10.0. The zero-order valence-corrected chi connectivity index (χ0v) is 13.5. The highest BCUT2D eigenvalue weighted by Crippen LogP contribution is 2.24. The summed E-state index contributed by atoms with van der Waals surface area (Å²) >= 11 is 1.07. The number of amides is 1. The number of carboxylic acids is 1. The summed E-state index contributed by atoms with van der Waals surface area (Å²) in [5.41, 5.74) is -0.729. The molecule has 1 aliphatic rings. The molecule has 0 aromatic rings. The molecule has 2 unspecified atom stereocenters. The van der Waals surface area contributed by atoms with Crippen molar-refractivity contribution in [2.45, 2.75) is 38.0 Å². The normalized spacial score (nSPS) is 26.4. The van der Waals surface area contributed by atoms with Gasteiger partial charge in [-0.25, -0.2) is 8.42 Å². The Balaban J connectivity index is 2.50. The summed E-state index contributed by atoms with van der Waals surface area (Å²) in [6.45, 7) is 5.28. The van der Waals surface area contributed by atoms with Crippen LogP contribution in [0.15, 0.2) is 0 Å². The minimum absolute atomic E-state index is 0.0186. The van der Waals surface area contributed by atoms with Gasteiger partial charge in [0.25, 0.3) is 0 Å². The minimum atomic E-state index is -3.07. The maximum atomic E-state index is 11.8. The highest BCUT2D eigenvalue weighted by Gasteiger charge is 2.39. The van der Waals surface area contributed by atoms with Crippen molar-refractivity contribution in [2.75, 3.05) is 17.3 Å². The quantitative estimate of drug-likeness (QED) is 0.739. The number of thioether (sulfide) groups is 1. The molecule has 0 aliphatic carbocycles. The van der Waals surface area contributed by atoms with Crippen LogP contribution in [0.2, 0.25) is 0 Å². The van der Waals surface area contributed by atoms with Crippen molar-refractivity contribution >= 4 is 33.5 Å². The van der Waals surface area contributed by atoms with Crippen LogP contribution < -0.4 is 5.32 Å². The monoisotopic (exact) mass is 323 g/mol. The molecule has 0 saturated carbocycles. The van der Waals surface area contributed by atoms with Gasteiger partial charge < -0.3 is 10.4 Å². The van der Waals surface area contributed by atoms with Gasteiger partial charge in [-0.15, -0.1) is 11.8 Å². The van der Waals surface area contributed by atoms with Gasteiger partial charge in [0.2, 0.25) is 5.91 Å². The van der Waals surface area contributed by atoms with E-state index in [0.29, 0.717) is 6.42 Å². The zero-order valence-electron chi connectivity index (χ0n) is 11.9. The average Bonchev–Trinajstić information content (AvgIpc) is 2.51. The molecule has 0 spiro atoms. The number of carbonyl (C=O) groups excluding carboxylic acids is 1. The lowest BCUT2D eigenvalue weighted by Crippen LogP contribution is -2.47. The first-order valence-electron chi connectivity index (χ1n) is 6.40. The van der Waals surface area contributed by atoms with Crippen LogP contribution in [0.4, 0.5) is 0 Å². The molecule has 0 bridgehead atoms. The number of rotatable bonds is 6. The van der Waals surface area contributed by atoms with Crippen LogP contribution in [-0.4, -0.2) is 53.4 Å². The fourth-order valence-corrected chi connectivity index (χ4v) is 5.22. The van der Waals surface area contributed by atoms with Crippen molar-refractivity contribution in [3.8, 4) is 0 Å². The molecule has 20 heavy (non-hydrogen) atoms. The fourth-order valence-electron chi connectivity index (χ4n) is 2.20. The summed E-state index contributed by atoms with van der Waals surface area (Å²) in [4.78, 5) is 22.9. The SMILES string of the molecule is CC(C)C(SCC(=O)NC1(C)CCS(=O)(=O)C1)C(=O)O. The predicted molar refractivity (Wildman–Crippen MR) is 78.5 cm³/mol. The van der Waals surface area contributed by atoms with Crippen LogP contribution >= 0.6 is 11.8 Å². The summed E-state index contributed by atoms with van der Waals surface area (Å²) in [5, 5.41) is 11.1. The molecule has 2 atom stereocenters. The van der Waals surface area contributed by atoms with Crippen LogP contribution in [0, 0.1) is 5.92 Å². The van der Waals surface area contributed by atoms with E-state index < -0.39 is 26.6 Å². The molecule has 0 aromatic carbocycles. The Hall–Kier alpha value is -0.760. The molecule has 0 radical (unpaired) electrons. The maximum Gasteiger partial charge on any atom is 0.316 e. The Morgan fingerprint density at radius 3 is 2.40 bits per heavy atom. The van der Waals surface area contributed by atoms with E-state index in [1.54, 1.807) is 20.8 Å². The standard InChI is InChI=1S/C12H21NO5S2/c1-8(2)10(11(15)16)19-6-9(14)13-12(3)4-5-20(17,18)7-12/h8,10H,4-7H2,1-3H3,(H,13,14)(H,15,16). The number of hydrogen-bond donors (Lipinski definition) is 2. The van der Waals surface area contributed by atoms with Crippen molar-refractivity contribution in [1.29, 1.82) is 0 Å². The molecule has 1 rings (SSSR count). The molecule has 1 heterocycles. The Bertz CT molecular complexity index is 488. The van der Waals surface area contributed by atoms with Gasteiger partial charge in [0.15, 0.2) is 9.84 Å². The average molecular weight is 323 g/mol. The predicted octanol–water partition coefficient (Wildman–Crippen LogP) is 0.522. The molecule has 2 N–H and O–H groups in total. The number of hydrogen-bond acceptors (Lipinski definition) is 5. The highest BCUT2D eigenvalue weighted by atomic mass is 32.2. The fraction of sp³-hybridized carbons (Fsp3) is 0.833. The van der Waals surface area contributed by atoms with Gasteiger partial charge in [-0.3, -0.25) is 9.59 Å². The molecule has 1 aliphatic heterocycles. The summed E-state index contributed by atoms with van der Waals surface area (Å²) in [7, 11) is -3.07. The van der Waals surface area contributed by atoms with Crippen LogP contribution in [0.5, 0.6) is 0 Å². The van der Waals surface area contributed by atoms with Gasteiger partial charge in [-0.05, 0) is 19.3 Å². The van der Waals surface area contributed by atoms with Crippen molar-refractivity contribution in [2.24, 2.45) is 5.92 Å². The third kappa shape index (κ3) is 4.97. The molecular formula is C12H21NO5S2. The van der Waals surface area contributed by atoms with E-state index in [9.17, 15) is 18.0 Å². The molecular weight excluding hydrogens is 302 g/mol. The van der Waals surface area contributed by atoms with E-state index in [1.807, 2.05) is 0 Å². The Kier molecular flexibility index (Phi) is 5.48. The first kappa shape index (κ1) is 17.3. The zero-order chi connectivity index (χ0) is 15.6. The lowest BCUT2D eigenvalue weighted by molar-refractivity contribution is -0.137. The Morgan fingerprint density at radius 2 is 2.00 bits per heavy atom. The van der Waals surface area contributed by atoms with Crippen LogP contribution in [0.3, 0.4) is 0 Å². The number of carboxylic acid groups (broad SMARTS) is 1. The number of aliphatic carboxylic acids is 1. The first-order valence-corrected chi connectivity index (χ1v) is 9.27. The summed E-state index contributed by atoms with van der Waals surface area (Å²) in [5.74, 6) is -1.28. The topological polar surface area (TPSA) is 101 Å². The van der Waals surface area contributed by atoms with E-state index in [4.69, 9.17) is 5.11 Å². The van der Waals surface area contributed by atoms with Gasteiger partial charge in [-0.1, -0.05) is 13.8 Å². The van der Waals surface area contributed by atoms with E-state index in [0.717, 1.165) is 11.8 Å². The summed E-state index contributed by atoms with van der Waals surface area (Å²) < 4.78 is 22.9. The van der Waals surface area contributed by atoms with Gasteiger partial charge in [-0.2, -0.15) is 0 Å². The molecule has 1 fully saturated rings. The van der Waals surface area contributed by atoms with Crippen molar-refractivity contribution in [3.63, 3.8) is 0 Å². The van der Waals surface area contributed by atoms with E-state index in [2.05, 4.69) is 5.32 Å². The molecule has 6 nitrogen and oxygen atoms in total. The van der Waals surface area contributed by atoms with Crippen LogP contribution in [0.1, 0.15) is 27.2 Å². The largest absolute Gasteiger partial charge is 0.480 e. The van der Waals surface area contributed by atoms with E-state index in [-0.39, 0.29) is 29.1 Å². The summed E-state index contributed by atoms with van der Waals surface area (Å²) in [6.07, 6.45) is 0.401.